The number of rotatable bonds is 8. The van der Waals surface area contributed by atoms with Gasteiger partial charge in [-0.25, -0.2) is 0 Å². The number of hydrogen-bond donors (Lipinski definition) is 1. The molecular formula is C21H21Cl2NO4S. The first kappa shape index (κ1) is 21.8. The highest BCUT2D eigenvalue weighted by Crippen LogP contribution is 2.42. The van der Waals surface area contributed by atoms with E-state index in [9.17, 15) is 14.7 Å². The molecule has 0 fully saturated rings. The van der Waals surface area contributed by atoms with Crippen LogP contribution in [0.3, 0.4) is 0 Å². The van der Waals surface area contributed by atoms with Gasteiger partial charge in [0, 0.05) is 23.2 Å². The van der Waals surface area contributed by atoms with E-state index in [4.69, 9.17) is 27.9 Å². The summed E-state index contributed by atoms with van der Waals surface area (Å²) in [4.78, 5) is 27.9. The summed E-state index contributed by atoms with van der Waals surface area (Å²) in [7, 11) is 0. The van der Waals surface area contributed by atoms with Crippen LogP contribution in [0.2, 0.25) is 10.0 Å². The van der Waals surface area contributed by atoms with Crippen LogP contribution in [0.1, 0.15) is 41.5 Å². The Bertz CT molecular complexity index is 940. The second-order valence-electron chi connectivity index (χ2n) is 6.91. The highest BCUT2D eigenvalue weighted by Gasteiger charge is 2.44. The Morgan fingerprint density at radius 3 is 2.69 bits per heavy atom. The van der Waals surface area contributed by atoms with E-state index in [1.165, 1.54) is 16.2 Å². The minimum atomic E-state index is -0.791. The lowest BCUT2D eigenvalue weighted by molar-refractivity contribution is -0.129. The van der Waals surface area contributed by atoms with E-state index >= 15 is 0 Å². The van der Waals surface area contributed by atoms with Crippen molar-refractivity contribution in [1.29, 1.82) is 0 Å². The molecule has 1 aromatic heterocycles. The second-order valence-corrected chi connectivity index (χ2v) is 8.70. The van der Waals surface area contributed by atoms with Crippen LogP contribution in [0.15, 0.2) is 47.0 Å². The maximum atomic E-state index is 13.1. The average molecular weight is 454 g/mol. The number of thiophene rings is 1. The van der Waals surface area contributed by atoms with Gasteiger partial charge >= 0.3 is 0 Å². The van der Waals surface area contributed by atoms with Crippen molar-refractivity contribution in [3.8, 4) is 0 Å². The Morgan fingerprint density at radius 1 is 1.31 bits per heavy atom. The minimum absolute atomic E-state index is 0.0338. The Labute approximate surface area is 183 Å². The highest BCUT2D eigenvalue weighted by molar-refractivity contribution is 7.12. The number of ether oxygens (including phenoxy) is 1. The van der Waals surface area contributed by atoms with E-state index in [-0.39, 0.29) is 17.5 Å². The number of nitrogens with zero attached hydrogens (tertiary/aromatic N) is 1. The zero-order chi connectivity index (χ0) is 21.1. The predicted octanol–water partition coefficient (Wildman–Crippen LogP) is 5.45. The van der Waals surface area contributed by atoms with Gasteiger partial charge in [0.25, 0.3) is 5.91 Å². The highest BCUT2D eigenvalue weighted by atomic mass is 35.5. The fourth-order valence-electron chi connectivity index (χ4n) is 3.26. The van der Waals surface area contributed by atoms with Gasteiger partial charge in [0.2, 0.25) is 5.78 Å². The zero-order valence-corrected chi connectivity index (χ0v) is 18.4. The summed E-state index contributed by atoms with van der Waals surface area (Å²) in [5, 5.41) is 13.1. The molecule has 0 aliphatic carbocycles. The summed E-state index contributed by atoms with van der Waals surface area (Å²) in [5.74, 6) is -1.52. The van der Waals surface area contributed by atoms with Crippen LogP contribution in [0, 0.1) is 0 Å². The molecule has 0 spiro atoms. The number of ketones is 1. The number of hydrogen-bond acceptors (Lipinski definition) is 5. The summed E-state index contributed by atoms with van der Waals surface area (Å²) in [6.45, 7) is 4.63. The van der Waals surface area contributed by atoms with E-state index in [1.54, 1.807) is 35.7 Å². The minimum Gasteiger partial charge on any atom is -0.503 e. The molecule has 2 heterocycles. The van der Waals surface area contributed by atoms with Gasteiger partial charge in [-0.1, -0.05) is 35.3 Å². The lowest BCUT2D eigenvalue weighted by Gasteiger charge is -2.27. The molecule has 1 N–H and O–H groups in total. The lowest BCUT2D eigenvalue weighted by atomic mass is 9.95. The molecule has 0 radical (unpaired) electrons. The first-order valence-corrected chi connectivity index (χ1v) is 10.8. The molecule has 1 amide bonds. The van der Waals surface area contributed by atoms with Crippen LogP contribution in [0.5, 0.6) is 0 Å². The molecule has 0 saturated heterocycles. The van der Waals surface area contributed by atoms with E-state index in [0.717, 1.165) is 0 Å². The molecule has 0 unspecified atom stereocenters. The number of halogens is 2. The van der Waals surface area contributed by atoms with E-state index < -0.39 is 17.7 Å². The molecule has 0 saturated carbocycles. The van der Waals surface area contributed by atoms with Gasteiger partial charge in [-0.3, -0.25) is 9.59 Å². The Morgan fingerprint density at radius 2 is 2.07 bits per heavy atom. The van der Waals surface area contributed by atoms with Crippen molar-refractivity contribution in [1.82, 2.24) is 4.90 Å². The molecule has 5 nitrogen and oxygen atoms in total. The van der Waals surface area contributed by atoms with Crippen molar-refractivity contribution in [2.45, 2.75) is 32.4 Å². The quantitative estimate of drug-likeness (QED) is 0.426. The van der Waals surface area contributed by atoms with Crippen molar-refractivity contribution in [3.05, 3.63) is 67.5 Å². The normalized spacial score (nSPS) is 16.9. The van der Waals surface area contributed by atoms with Crippen molar-refractivity contribution < 1.29 is 19.4 Å². The van der Waals surface area contributed by atoms with Gasteiger partial charge in [-0.2, -0.15) is 0 Å². The maximum absolute atomic E-state index is 13.1. The van der Waals surface area contributed by atoms with E-state index in [0.29, 0.717) is 40.1 Å². The van der Waals surface area contributed by atoms with Crippen molar-refractivity contribution >= 4 is 46.2 Å². The Balaban J connectivity index is 1.98. The summed E-state index contributed by atoms with van der Waals surface area (Å²) in [6, 6.07) is 7.51. The molecule has 0 bridgehead atoms. The maximum Gasteiger partial charge on any atom is 0.290 e. The molecule has 1 atom stereocenters. The molecule has 154 valence electrons. The number of carbonyl (C=O) groups is 2. The van der Waals surface area contributed by atoms with Crippen LogP contribution in [0.25, 0.3) is 0 Å². The molecule has 2 aromatic rings. The van der Waals surface area contributed by atoms with Gasteiger partial charge < -0.3 is 14.7 Å². The third kappa shape index (κ3) is 4.67. The van der Waals surface area contributed by atoms with Crippen molar-refractivity contribution in [2.24, 2.45) is 0 Å². The van der Waals surface area contributed by atoms with E-state index in [2.05, 4.69) is 0 Å². The molecule has 3 rings (SSSR count). The number of amides is 1. The lowest BCUT2D eigenvalue weighted by Crippen LogP contribution is -2.33. The number of aliphatic hydroxyl groups is 1. The molecule has 1 aromatic carbocycles. The predicted molar refractivity (Wildman–Crippen MR) is 115 cm³/mol. The summed E-state index contributed by atoms with van der Waals surface area (Å²) in [6.07, 6.45) is 0.632. The Hall–Kier alpha value is -1.86. The topological polar surface area (TPSA) is 66.8 Å². The number of Topliss-reactive ketones (excluding diaryl/α,β-unsaturated/α-hetero) is 1. The third-order valence-corrected chi connectivity index (χ3v) is 5.98. The van der Waals surface area contributed by atoms with Crippen LogP contribution >= 0.6 is 34.5 Å². The van der Waals surface area contributed by atoms with Crippen LogP contribution in [-0.4, -0.2) is 41.0 Å². The summed E-state index contributed by atoms with van der Waals surface area (Å²) >= 11 is 13.7. The first-order valence-electron chi connectivity index (χ1n) is 9.20. The molecule has 1 aliphatic heterocycles. The SMILES string of the molecule is CC(C)OCCCN1C(=O)C(O)=C(C(=O)c2cccs2)[C@H]1c1ccc(Cl)cc1Cl. The van der Waals surface area contributed by atoms with Crippen molar-refractivity contribution in [3.63, 3.8) is 0 Å². The van der Waals surface area contributed by atoms with Crippen LogP contribution in [0.4, 0.5) is 0 Å². The molecule has 1 aliphatic rings. The standard InChI is InChI=1S/C21H21Cl2NO4S/c1-12(2)28-9-4-8-24-18(14-7-6-13(22)11-15(14)23)17(20(26)21(24)27)19(25)16-5-3-10-29-16/h3,5-7,10-12,18,26H,4,8-9H2,1-2H3/t18-/m1/s1. The average Bonchev–Trinajstić information content (AvgIpc) is 3.27. The number of aliphatic hydroxyl groups excluding tert-OH is 1. The van der Waals surface area contributed by atoms with E-state index in [1.807, 2.05) is 13.8 Å². The molecule has 29 heavy (non-hydrogen) atoms. The van der Waals surface area contributed by atoms with Crippen molar-refractivity contribution in [2.75, 3.05) is 13.2 Å². The zero-order valence-electron chi connectivity index (χ0n) is 16.0. The Kier molecular flexibility index (Phi) is 7.01. The van der Waals surface area contributed by atoms with Crippen LogP contribution in [-0.2, 0) is 9.53 Å². The number of carbonyl (C=O) groups excluding carboxylic acids is 2. The van der Waals surface area contributed by atoms with Gasteiger partial charge in [0.1, 0.15) is 0 Å². The fraction of sp³-hybridized carbons (Fsp3) is 0.333. The smallest absolute Gasteiger partial charge is 0.290 e. The summed E-state index contributed by atoms with van der Waals surface area (Å²) in [5.41, 5.74) is 0.574. The second kappa shape index (κ2) is 9.30. The van der Waals surface area contributed by atoms with Gasteiger partial charge in [0.15, 0.2) is 5.76 Å². The third-order valence-electron chi connectivity index (χ3n) is 4.54. The number of benzene rings is 1. The van der Waals surface area contributed by atoms with Gasteiger partial charge in [0.05, 0.1) is 22.6 Å². The van der Waals surface area contributed by atoms with Gasteiger partial charge in [-0.05, 0) is 49.4 Å². The molecular weight excluding hydrogens is 433 g/mol. The molecule has 8 heteroatoms. The monoisotopic (exact) mass is 453 g/mol. The van der Waals surface area contributed by atoms with Gasteiger partial charge in [-0.15, -0.1) is 11.3 Å². The first-order chi connectivity index (χ1) is 13.8. The summed E-state index contributed by atoms with van der Waals surface area (Å²) < 4.78 is 5.55. The largest absolute Gasteiger partial charge is 0.503 e. The fourth-order valence-corrected chi connectivity index (χ4v) is 4.45. The van der Waals surface area contributed by atoms with Crippen LogP contribution < -0.4 is 0 Å².